The molecule has 1 aliphatic rings. The lowest BCUT2D eigenvalue weighted by molar-refractivity contribution is 0.190. The fourth-order valence-electron chi connectivity index (χ4n) is 4.34. The highest BCUT2D eigenvalue weighted by Crippen LogP contribution is 2.33. The molecule has 2 heterocycles. The Balaban J connectivity index is 1.56. The lowest BCUT2D eigenvalue weighted by Crippen LogP contribution is -2.47. The van der Waals surface area contributed by atoms with Crippen LogP contribution in [0.5, 0.6) is 5.75 Å². The summed E-state index contributed by atoms with van der Waals surface area (Å²) in [5, 5.41) is 0.966. The summed E-state index contributed by atoms with van der Waals surface area (Å²) in [5.74, 6) is 0.816. The van der Waals surface area contributed by atoms with Crippen LogP contribution in [0.4, 0.5) is 5.69 Å². The smallest absolute Gasteiger partial charge is 0.290 e. The van der Waals surface area contributed by atoms with Gasteiger partial charge in [-0.15, -0.1) is 0 Å². The second-order valence-corrected chi connectivity index (χ2v) is 8.50. The van der Waals surface area contributed by atoms with E-state index in [2.05, 4.69) is 16.7 Å². The fraction of sp³-hybridized carbons (Fsp3) is 0.348. The Morgan fingerprint density at radius 1 is 1.00 bits per heavy atom. The van der Waals surface area contributed by atoms with E-state index in [1.807, 2.05) is 60.3 Å². The summed E-state index contributed by atoms with van der Waals surface area (Å²) in [6.45, 7) is 5.42. The molecule has 4 rings (SSSR count). The molecule has 1 atom stereocenters. The average molecular weight is 461 g/mol. The Morgan fingerprint density at radius 2 is 1.68 bits per heavy atom. The molecule has 0 radical (unpaired) electrons. The average Bonchev–Trinajstić information content (AvgIpc) is 3.02. The van der Waals surface area contributed by atoms with Crippen LogP contribution in [0.25, 0.3) is 5.69 Å². The van der Waals surface area contributed by atoms with Crippen LogP contribution in [0, 0.1) is 0 Å². The maximum atomic E-state index is 12.9. The van der Waals surface area contributed by atoms with Crippen molar-refractivity contribution < 1.29 is 4.74 Å². The normalized spacial score (nSPS) is 15.8. The molecule has 1 saturated heterocycles. The molecule has 1 unspecified atom stereocenters. The van der Waals surface area contributed by atoms with Gasteiger partial charge >= 0.3 is 0 Å². The van der Waals surface area contributed by atoms with Gasteiger partial charge in [0, 0.05) is 38.2 Å². The van der Waals surface area contributed by atoms with Crippen LogP contribution in [0.3, 0.4) is 0 Å². The number of nitrogens with zero attached hydrogens (tertiary/aromatic N) is 4. The first-order valence-corrected chi connectivity index (χ1v) is 11.0. The van der Waals surface area contributed by atoms with Crippen molar-refractivity contribution in [3.63, 3.8) is 0 Å². The lowest BCUT2D eigenvalue weighted by Gasteiger charge is -2.39. The minimum absolute atomic E-state index is 0.00132. The minimum Gasteiger partial charge on any atom is -0.495 e. The third-order valence-corrected chi connectivity index (χ3v) is 6.58. The van der Waals surface area contributed by atoms with Gasteiger partial charge in [-0.1, -0.05) is 41.4 Å². The van der Waals surface area contributed by atoms with Crippen LogP contribution < -0.4 is 15.2 Å². The molecule has 6 nitrogen and oxygen atoms in total. The van der Waals surface area contributed by atoms with Gasteiger partial charge in [0.25, 0.3) is 5.56 Å². The van der Waals surface area contributed by atoms with Gasteiger partial charge in [-0.05, 0) is 37.3 Å². The number of rotatable bonds is 5. The summed E-state index contributed by atoms with van der Waals surface area (Å²) in [6, 6.07) is 15.2. The molecule has 31 heavy (non-hydrogen) atoms. The van der Waals surface area contributed by atoms with E-state index in [1.165, 1.54) is 0 Å². The number of methoxy groups -OCH3 is 1. The quantitative estimate of drug-likeness (QED) is 0.566. The molecule has 1 aliphatic heterocycles. The topological polar surface area (TPSA) is 42.6 Å². The van der Waals surface area contributed by atoms with Gasteiger partial charge in [0.05, 0.1) is 30.2 Å². The number of hydrogen-bond acceptors (Lipinski definition) is 4. The third-order valence-electron chi connectivity index (χ3n) is 5.99. The molecule has 164 valence electrons. The van der Waals surface area contributed by atoms with Gasteiger partial charge in [0.2, 0.25) is 0 Å². The summed E-state index contributed by atoms with van der Waals surface area (Å²) in [6.07, 6.45) is 0. The number of anilines is 1. The van der Waals surface area contributed by atoms with Crippen molar-refractivity contribution in [1.29, 1.82) is 0 Å². The molecular formula is C23H26Cl2N4O2. The highest BCUT2D eigenvalue weighted by Gasteiger charge is 2.29. The molecule has 0 amide bonds. The largest absolute Gasteiger partial charge is 0.495 e. The second-order valence-electron chi connectivity index (χ2n) is 7.69. The first kappa shape index (κ1) is 21.8. The van der Waals surface area contributed by atoms with Crippen LogP contribution in [-0.4, -0.2) is 47.6 Å². The Hall–Kier alpha value is -2.41. The highest BCUT2D eigenvalue weighted by molar-refractivity contribution is 6.31. The molecule has 1 fully saturated rings. The molecule has 8 heteroatoms. The minimum atomic E-state index is -0.195. The van der Waals surface area contributed by atoms with Crippen molar-refractivity contribution in [3.05, 3.63) is 74.6 Å². The van der Waals surface area contributed by atoms with Crippen molar-refractivity contribution in [2.45, 2.75) is 13.0 Å². The number of benzene rings is 2. The molecular weight excluding hydrogens is 435 g/mol. The molecule has 0 N–H and O–H groups in total. The Labute approximate surface area is 192 Å². The molecule has 0 saturated carbocycles. The van der Waals surface area contributed by atoms with E-state index in [1.54, 1.807) is 11.8 Å². The second kappa shape index (κ2) is 8.99. The van der Waals surface area contributed by atoms with E-state index in [9.17, 15) is 4.79 Å². The monoisotopic (exact) mass is 460 g/mol. The van der Waals surface area contributed by atoms with Gasteiger partial charge in [0.1, 0.15) is 10.8 Å². The zero-order valence-electron chi connectivity index (χ0n) is 17.9. The summed E-state index contributed by atoms with van der Waals surface area (Å²) in [4.78, 5) is 17.5. The first-order chi connectivity index (χ1) is 14.9. The van der Waals surface area contributed by atoms with Crippen LogP contribution >= 0.6 is 23.2 Å². The highest BCUT2D eigenvalue weighted by atomic mass is 35.5. The number of ether oxygens (including phenoxy) is 1. The number of halogens is 2. The molecule has 0 spiro atoms. The standard InChI is InChI=1S/C23H26Cl2N4O2/c1-16(22-21(25)23(30)29(26(22)2)18-7-5-4-6-8-18)27-11-13-28(14-12-27)19-15-17(24)9-10-20(19)31-3/h4-10,15-16H,11-14H2,1-3H3. The summed E-state index contributed by atoms with van der Waals surface area (Å²) < 4.78 is 9.01. The van der Waals surface area contributed by atoms with Crippen LogP contribution in [0.15, 0.2) is 53.3 Å². The first-order valence-electron chi connectivity index (χ1n) is 10.3. The summed E-state index contributed by atoms with van der Waals surface area (Å²) in [5.41, 5.74) is 2.43. The van der Waals surface area contributed by atoms with E-state index >= 15 is 0 Å². The van der Waals surface area contributed by atoms with Crippen LogP contribution in [0.1, 0.15) is 18.7 Å². The van der Waals surface area contributed by atoms with Crippen molar-refractivity contribution >= 4 is 28.9 Å². The van der Waals surface area contributed by atoms with Crippen LogP contribution in [-0.2, 0) is 7.05 Å². The van der Waals surface area contributed by atoms with E-state index in [0.717, 1.165) is 49.0 Å². The number of piperazine rings is 1. The van der Waals surface area contributed by atoms with Crippen molar-refractivity contribution in [3.8, 4) is 11.4 Å². The predicted molar refractivity (Wildman–Crippen MR) is 126 cm³/mol. The van der Waals surface area contributed by atoms with E-state index in [0.29, 0.717) is 5.02 Å². The van der Waals surface area contributed by atoms with E-state index < -0.39 is 0 Å². The predicted octanol–water partition coefficient (Wildman–Crippen LogP) is 4.37. The molecule has 2 aromatic carbocycles. The Morgan fingerprint density at radius 3 is 2.32 bits per heavy atom. The van der Waals surface area contributed by atoms with Crippen molar-refractivity contribution in [2.24, 2.45) is 7.05 Å². The van der Waals surface area contributed by atoms with Gasteiger partial charge < -0.3 is 9.64 Å². The Bertz CT molecular complexity index is 1120. The third kappa shape index (κ3) is 4.07. The van der Waals surface area contributed by atoms with Crippen molar-refractivity contribution in [1.82, 2.24) is 14.3 Å². The summed E-state index contributed by atoms with van der Waals surface area (Å²) >= 11 is 12.8. The maximum absolute atomic E-state index is 12.9. The van der Waals surface area contributed by atoms with Gasteiger partial charge in [0.15, 0.2) is 0 Å². The zero-order valence-corrected chi connectivity index (χ0v) is 19.4. The molecule has 0 bridgehead atoms. The maximum Gasteiger partial charge on any atom is 0.290 e. The SMILES string of the molecule is COc1ccc(Cl)cc1N1CCN(C(C)c2c(Cl)c(=O)n(-c3ccccc3)n2C)CC1. The number of hydrogen-bond donors (Lipinski definition) is 0. The number of aromatic nitrogens is 2. The van der Waals surface area contributed by atoms with Gasteiger partial charge in [-0.3, -0.25) is 14.4 Å². The van der Waals surface area contributed by atoms with Gasteiger partial charge in [-0.25, -0.2) is 4.68 Å². The van der Waals surface area contributed by atoms with Crippen LogP contribution in [0.2, 0.25) is 10.0 Å². The van der Waals surface area contributed by atoms with E-state index in [-0.39, 0.29) is 16.6 Å². The number of para-hydroxylation sites is 1. The summed E-state index contributed by atoms with van der Waals surface area (Å²) in [7, 11) is 3.56. The molecule has 1 aromatic heterocycles. The lowest BCUT2D eigenvalue weighted by atomic mass is 10.1. The van der Waals surface area contributed by atoms with Crippen molar-refractivity contribution in [2.75, 3.05) is 38.2 Å². The fourth-order valence-corrected chi connectivity index (χ4v) is 4.86. The zero-order chi connectivity index (χ0) is 22.1. The van der Waals surface area contributed by atoms with Gasteiger partial charge in [-0.2, -0.15) is 0 Å². The Kier molecular flexibility index (Phi) is 6.32. The molecule has 3 aromatic rings. The molecule has 0 aliphatic carbocycles. The van der Waals surface area contributed by atoms with E-state index in [4.69, 9.17) is 27.9 Å².